The molecule has 82 valence electrons. The van der Waals surface area contributed by atoms with Crippen LogP contribution in [0.5, 0.6) is 0 Å². The van der Waals surface area contributed by atoms with E-state index in [0.717, 1.165) is 25.2 Å². The number of benzene rings is 1. The molecule has 0 spiro atoms. The SMILES string of the molecule is Nc1cc(F)cc(CN2CCCCC2)c1. The van der Waals surface area contributed by atoms with E-state index >= 15 is 0 Å². The second-order valence-electron chi connectivity index (χ2n) is 4.23. The van der Waals surface area contributed by atoms with Crippen molar-refractivity contribution in [2.45, 2.75) is 25.8 Å². The Morgan fingerprint density at radius 2 is 1.87 bits per heavy atom. The molecule has 0 aliphatic carbocycles. The lowest BCUT2D eigenvalue weighted by atomic mass is 10.1. The molecule has 1 saturated heterocycles. The lowest BCUT2D eigenvalue weighted by molar-refractivity contribution is 0.220. The van der Waals surface area contributed by atoms with Crippen molar-refractivity contribution in [2.75, 3.05) is 18.8 Å². The van der Waals surface area contributed by atoms with Crippen LogP contribution < -0.4 is 5.73 Å². The van der Waals surface area contributed by atoms with Gasteiger partial charge in [-0.15, -0.1) is 0 Å². The van der Waals surface area contributed by atoms with Crippen molar-refractivity contribution in [3.8, 4) is 0 Å². The Labute approximate surface area is 89.9 Å². The van der Waals surface area contributed by atoms with E-state index in [-0.39, 0.29) is 5.82 Å². The van der Waals surface area contributed by atoms with Crippen molar-refractivity contribution >= 4 is 5.69 Å². The van der Waals surface area contributed by atoms with Gasteiger partial charge < -0.3 is 5.73 Å². The minimum atomic E-state index is -0.234. The zero-order chi connectivity index (χ0) is 10.7. The molecule has 0 bridgehead atoms. The zero-order valence-corrected chi connectivity index (χ0v) is 8.88. The lowest BCUT2D eigenvalue weighted by Crippen LogP contribution is -2.29. The number of piperidine rings is 1. The first-order chi connectivity index (χ1) is 7.24. The maximum absolute atomic E-state index is 13.1. The van der Waals surface area contributed by atoms with E-state index in [0.29, 0.717) is 5.69 Å². The van der Waals surface area contributed by atoms with Gasteiger partial charge in [-0.3, -0.25) is 4.90 Å². The van der Waals surface area contributed by atoms with Crippen molar-refractivity contribution in [3.05, 3.63) is 29.6 Å². The molecule has 0 saturated carbocycles. The van der Waals surface area contributed by atoms with Gasteiger partial charge in [-0.2, -0.15) is 0 Å². The molecule has 1 fully saturated rings. The molecule has 15 heavy (non-hydrogen) atoms. The number of nitrogens with zero attached hydrogens (tertiary/aromatic N) is 1. The summed E-state index contributed by atoms with van der Waals surface area (Å²) in [5.41, 5.74) is 7.10. The summed E-state index contributed by atoms with van der Waals surface area (Å²) >= 11 is 0. The highest BCUT2D eigenvalue weighted by Crippen LogP contribution is 2.16. The molecule has 1 aromatic rings. The summed E-state index contributed by atoms with van der Waals surface area (Å²) in [6.45, 7) is 3.06. The third-order valence-corrected chi connectivity index (χ3v) is 2.83. The predicted molar refractivity (Wildman–Crippen MR) is 59.9 cm³/mol. The number of anilines is 1. The van der Waals surface area contributed by atoms with Crippen LogP contribution in [0.2, 0.25) is 0 Å². The van der Waals surface area contributed by atoms with Gasteiger partial charge in [-0.1, -0.05) is 6.42 Å². The zero-order valence-electron chi connectivity index (χ0n) is 8.88. The van der Waals surface area contributed by atoms with Crippen LogP contribution in [0, 0.1) is 5.82 Å². The average Bonchev–Trinajstić information content (AvgIpc) is 2.17. The summed E-state index contributed by atoms with van der Waals surface area (Å²) < 4.78 is 13.1. The Balaban J connectivity index is 2.02. The molecule has 0 unspecified atom stereocenters. The van der Waals surface area contributed by atoms with Crippen LogP contribution in [0.3, 0.4) is 0 Å². The molecule has 1 heterocycles. The van der Waals surface area contributed by atoms with Gasteiger partial charge in [-0.05, 0) is 49.7 Å². The number of nitrogen functional groups attached to an aromatic ring is 1. The van der Waals surface area contributed by atoms with Gasteiger partial charge in [0.1, 0.15) is 5.82 Å². The maximum Gasteiger partial charge on any atom is 0.125 e. The Morgan fingerprint density at radius 1 is 1.13 bits per heavy atom. The Bertz CT molecular complexity index is 312. The highest BCUT2D eigenvalue weighted by Gasteiger charge is 2.10. The van der Waals surface area contributed by atoms with Crippen LogP contribution in [-0.2, 0) is 6.54 Å². The Hall–Kier alpha value is -1.09. The van der Waals surface area contributed by atoms with E-state index in [1.807, 2.05) is 6.07 Å². The fraction of sp³-hybridized carbons (Fsp3) is 0.500. The highest BCUT2D eigenvalue weighted by atomic mass is 19.1. The van der Waals surface area contributed by atoms with Gasteiger partial charge in [0, 0.05) is 12.2 Å². The Kier molecular flexibility index (Phi) is 3.21. The molecule has 3 heteroatoms. The number of likely N-dealkylation sites (tertiary alicyclic amines) is 1. The second-order valence-corrected chi connectivity index (χ2v) is 4.23. The van der Waals surface area contributed by atoms with Crippen LogP contribution in [0.4, 0.5) is 10.1 Å². The van der Waals surface area contributed by atoms with Gasteiger partial charge in [0.05, 0.1) is 0 Å². The van der Waals surface area contributed by atoms with E-state index in [1.54, 1.807) is 6.07 Å². The summed E-state index contributed by atoms with van der Waals surface area (Å²) in [5, 5.41) is 0. The number of hydrogen-bond donors (Lipinski definition) is 1. The lowest BCUT2D eigenvalue weighted by Gasteiger charge is -2.26. The summed E-state index contributed by atoms with van der Waals surface area (Å²) in [4.78, 5) is 2.36. The number of rotatable bonds is 2. The summed E-state index contributed by atoms with van der Waals surface area (Å²) in [7, 11) is 0. The van der Waals surface area contributed by atoms with Gasteiger partial charge >= 0.3 is 0 Å². The monoisotopic (exact) mass is 208 g/mol. The topological polar surface area (TPSA) is 29.3 Å². The third-order valence-electron chi connectivity index (χ3n) is 2.83. The first-order valence-corrected chi connectivity index (χ1v) is 5.51. The maximum atomic E-state index is 13.1. The van der Waals surface area contributed by atoms with Crippen LogP contribution >= 0.6 is 0 Å². The Morgan fingerprint density at radius 3 is 2.53 bits per heavy atom. The molecule has 2 N–H and O–H groups in total. The van der Waals surface area contributed by atoms with Crippen molar-refractivity contribution in [1.82, 2.24) is 4.90 Å². The van der Waals surface area contributed by atoms with Crippen LogP contribution in [0.1, 0.15) is 24.8 Å². The molecule has 0 aromatic heterocycles. The van der Waals surface area contributed by atoms with Crippen LogP contribution in [-0.4, -0.2) is 18.0 Å². The van der Waals surface area contributed by atoms with E-state index < -0.39 is 0 Å². The predicted octanol–water partition coefficient (Wildman–Crippen LogP) is 2.39. The van der Waals surface area contributed by atoms with Crippen molar-refractivity contribution < 1.29 is 4.39 Å². The van der Waals surface area contributed by atoms with Crippen LogP contribution in [0.25, 0.3) is 0 Å². The average molecular weight is 208 g/mol. The van der Waals surface area contributed by atoms with E-state index in [9.17, 15) is 4.39 Å². The number of hydrogen-bond acceptors (Lipinski definition) is 2. The normalized spacial score (nSPS) is 17.9. The molecule has 1 aromatic carbocycles. The molecule has 0 atom stereocenters. The quantitative estimate of drug-likeness (QED) is 0.756. The first-order valence-electron chi connectivity index (χ1n) is 5.51. The molecule has 1 aliphatic rings. The summed E-state index contributed by atoms with van der Waals surface area (Å²) in [6.07, 6.45) is 3.83. The van der Waals surface area contributed by atoms with E-state index in [4.69, 9.17) is 5.73 Å². The fourth-order valence-electron chi connectivity index (χ4n) is 2.14. The highest BCUT2D eigenvalue weighted by molar-refractivity contribution is 5.41. The van der Waals surface area contributed by atoms with Crippen LogP contribution in [0.15, 0.2) is 18.2 Å². The molecule has 1 aliphatic heterocycles. The summed E-state index contributed by atoms with van der Waals surface area (Å²) in [6, 6.07) is 4.79. The van der Waals surface area contributed by atoms with Crippen molar-refractivity contribution in [2.24, 2.45) is 0 Å². The van der Waals surface area contributed by atoms with E-state index in [2.05, 4.69) is 4.90 Å². The largest absolute Gasteiger partial charge is 0.399 e. The molecular weight excluding hydrogens is 191 g/mol. The molecule has 2 nitrogen and oxygen atoms in total. The first kappa shape index (κ1) is 10.4. The van der Waals surface area contributed by atoms with E-state index in [1.165, 1.54) is 25.3 Å². The molecular formula is C12H17FN2. The minimum Gasteiger partial charge on any atom is -0.399 e. The smallest absolute Gasteiger partial charge is 0.125 e. The van der Waals surface area contributed by atoms with Crippen molar-refractivity contribution in [1.29, 1.82) is 0 Å². The standard InChI is InChI=1S/C12H17FN2/c13-11-6-10(7-12(14)8-11)9-15-4-2-1-3-5-15/h6-8H,1-5,9,14H2. The van der Waals surface area contributed by atoms with Gasteiger partial charge in [0.2, 0.25) is 0 Å². The number of nitrogens with two attached hydrogens (primary N) is 1. The van der Waals surface area contributed by atoms with Gasteiger partial charge in [0.15, 0.2) is 0 Å². The second kappa shape index (κ2) is 4.62. The molecule has 2 rings (SSSR count). The molecule has 0 radical (unpaired) electrons. The fourth-order valence-corrected chi connectivity index (χ4v) is 2.14. The summed E-state index contributed by atoms with van der Waals surface area (Å²) in [5.74, 6) is -0.234. The van der Waals surface area contributed by atoms with Gasteiger partial charge in [-0.25, -0.2) is 4.39 Å². The van der Waals surface area contributed by atoms with Crippen molar-refractivity contribution in [3.63, 3.8) is 0 Å². The third kappa shape index (κ3) is 2.93. The van der Waals surface area contributed by atoms with Gasteiger partial charge in [0.25, 0.3) is 0 Å². The minimum absolute atomic E-state index is 0.234. The molecule has 0 amide bonds. The number of halogens is 1.